The molecule has 1 fully saturated rings. The predicted octanol–water partition coefficient (Wildman–Crippen LogP) is 2.96. The largest absolute Gasteiger partial charge is 0.352 e. The average molecular weight is 323 g/mol. The molecular formula is C13H13N3O3S2. The Labute approximate surface area is 129 Å². The van der Waals surface area contributed by atoms with Gasteiger partial charge in [0.15, 0.2) is 4.34 Å². The average Bonchev–Trinajstić information content (AvgIpc) is 3.15. The molecule has 21 heavy (non-hydrogen) atoms. The van der Waals surface area contributed by atoms with Gasteiger partial charge in [0.2, 0.25) is 5.91 Å². The molecule has 1 saturated carbocycles. The number of thioether (sulfide) groups is 1. The Morgan fingerprint density at radius 1 is 1.57 bits per heavy atom. The molecule has 1 N–H and O–H groups in total. The third kappa shape index (κ3) is 3.33. The van der Waals surface area contributed by atoms with Crippen LogP contribution in [0.2, 0.25) is 0 Å². The Balaban J connectivity index is 1.74. The van der Waals surface area contributed by atoms with E-state index in [1.165, 1.54) is 35.2 Å². The topological polar surface area (TPSA) is 85.1 Å². The molecule has 1 aliphatic rings. The predicted molar refractivity (Wildman–Crippen MR) is 82.8 cm³/mol. The molecule has 0 unspecified atom stereocenters. The lowest BCUT2D eigenvalue weighted by Gasteiger charge is -2.08. The molecule has 1 atom stereocenters. The minimum Gasteiger partial charge on any atom is -0.352 e. The van der Waals surface area contributed by atoms with Gasteiger partial charge in [-0.3, -0.25) is 14.9 Å². The third-order valence-corrected chi connectivity index (χ3v) is 5.35. The maximum atomic E-state index is 11.9. The summed E-state index contributed by atoms with van der Waals surface area (Å²) in [6.07, 6.45) is 2.13. The number of aromatic nitrogens is 1. The van der Waals surface area contributed by atoms with Crippen molar-refractivity contribution in [1.29, 1.82) is 0 Å². The number of nitro benzene ring substituents is 1. The van der Waals surface area contributed by atoms with Gasteiger partial charge < -0.3 is 5.32 Å². The summed E-state index contributed by atoms with van der Waals surface area (Å²) in [7, 11) is 0. The van der Waals surface area contributed by atoms with Crippen LogP contribution in [0.3, 0.4) is 0 Å². The zero-order chi connectivity index (χ0) is 15.0. The summed E-state index contributed by atoms with van der Waals surface area (Å²) < 4.78 is 1.52. The normalized spacial score (nSPS) is 15.9. The van der Waals surface area contributed by atoms with E-state index in [1.54, 1.807) is 6.07 Å². The highest BCUT2D eigenvalue weighted by Gasteiger charge is 2.26. The zero-order valence-electron chi connectivity index (χ0n) is 11.2. The van der Waals surface area contributed by atoms with Crippen LogP contribution in [0.5, 0.6) is 0 Å². The summed E-state index contributed by atoms with van der Waals surface area (Å²) in [5, 5.41) is 13.5. The molecule has 1 amide bonds. The quantitative estimate of drug-likeness (QED) is 0.519. The van der Waals surface area contributed by atoms with Gasteiger partial charge in [0.05, 0.1) is 20.4 Å². The molecule has 6 nitrogen and oxygen atoms in total. The van der Waals surface area contributed by atoms with Crippen LogP contribution in [0, 0.1) is 10.1 Å². The number of non-ortho nitro benzene ring substituents is 1. The number of thiazole rings is 1. The van der Waals surface area contributed by atoms with Crippen molar-refractivity contribution >= 4 is 44.9 Å². The van der Waals surface area contributed by atoms with Crippen LogP contribution < -0.4 is 5.32 Å². The van der Waals surface area contributed by atoms with Gasteiger partial charge in [0.1, 0.15) is 0 Å². The van der Waals surface area contributed by atoms with Gasteiger partial charge in [0.25, 0.3) is 5.69 Å². The molecule has 3 rings (SSSR count). The van der Waals surface area contributed by atoms with Crippen LogP contribution in [0.1, 0.15) is 19.8 Å². The maximum Gasteiger partial charge on any atom is 0.270 e. The molecule has 8 heteroatoms. The van der Waals surface area contributed by atoms with Crippen molar-refractivity contribution in [1.82, 2.24) is 10.3 Å². The van der Waals surface area contributed by atoms with Crippen LogP contribution in [0.15, 0.2) is 22.5 Å². The van der Waals surface area contributed by atoms with Gasteiger partial charge in [-0.1, -0.05) is 11.8 Å². The molecule has 110 valence electrons. The first-order chi connectivity index (χ1) is 10.0. The van der Waals surface area contributed by atoms with Gasteiger partial charge in [-0.25, -0.2) is 4.98 Å². The summed E-state index contributed by atoms with van der Waals surface area (Å²) in [6, 6.07) is 4.95. The summed E-state index contributed by atoms with van der Waals surface area (Å²) in [6.45, 7) is 1.84. The molecule has 0 spiro atoms. The van der Waals surface area contributed by atoms with E-state index in [1.807, 2.05) is 6.92 Å². The number of fused-ring (bicyclic) bond motifs is 1. The second kappa shape index (κ2) is 5.61. The Morgan fingerprint density at radius 3 is 3.00 bits per heavy atom. The number of nitrogens with one attached hydrogen (secondary N) is 1. The van der Waals surface area contributed by atoms with Crippen molar-refractivity contribution in [2.45, 2.75) is 35.4 Å². The highest BCUT2D eigenvalue weighted by molar-refractivity contribution is 8.02. The van der Waals surface area contributed by atoms with E-state index >= 15 is 0 Å². The number of rotatable bonds is 5. The standard InChI is InChI=1S/C13H13N3O3S2/c1-7(12(17)14-8-2-3-8)20-13-15-10-5-4-9(16(18)19)6-11(10)21-13/h4-8H,2-3H2,1H3,(H,14,17)/t7-/m1/s1. The fraction of sp³-hybridized carbons (Fsp3) is 0.385. The first-order valence-electron chi connectivity index (χ1n) is 6.55. The molecule has 1 heterocycles. The van der Waals surface area contributed by atoms with Crippen LogP contribution in [-0.2, 0) is 4.79 Å². The van der Waals surface area contributed by atoms with Crippen molar-refractivity contribution in [3.63, 3.8) is 0 Å². The van der Waals surface area contributed by atoms with Gasteiger partial charge in [-0.15, -0.1) is 11.3 Å². The van der Waals surface area contributed by atoms with Crippen LogP contribution >= 0.6 is 23.1 Å². The van der Waals surface area contributed by atoms with Crippen molar-refractivity contribution in [2.75, 3.05) is 0 Å². The monoisotopic (exact) mass is 323 g/mol. The lowest BCUT2D eigenvalue weighted by atomic mass is 10.3. The molecule has 1 aromatic heterocycles. The van der Waals surface area contributed by atoms with E-state index in [0.717, 1.165) is 27.4 Å². The van der Waals surface area contributed by atoms with E-state index in [4.69, 9.17) is 0 Å². The third-order valence-electron chi connectivity index (χ3n) is 3.13. The maximum absolute atomic E-state index is 11.9. The van der Waals surface area contributed by atoms with Gasteiger partial charge in [-0.2, -0.15) is 0 Å². The summed E-state index contributed by atoms with van der Waals surface area (Å²) in [5.74, 6) is 0.0211. The first-order valence-corrected chi connectivity index (χ1v) is 8.24. The zero-order valence-corrected chi connectivity index (χ0v) is 12.9. The molecule has 0 bridgehead atoms. The Morgan fingerprint density at radius 2 is 2.33 bits per heavy atom. The second-order valence-corrected chi connectivity index (χ2v) is 7.55. The van der Waals surface area contributed by atoms with E-state index in [-0.39, 0.29) is 16.8 Å². The summed E-state index contributed by atoms with van der Waals surface area (Å²) in [4.78, 5) is 26.7. The fourth-order valence-corrected chi connectivity index (χ4v) is 4.06. The van der Waals surface area contributed by atoms with E-state index in [2.05, 4.69) is 10.3 Å². The molecule has 1 aromatic carbocycles. The molecular weight excluding hydrogens is 310 g/mol. The van der Waals surface area contributed by atoms with Crippen LogP contribution in [0.25, 0.3) is 10.2 Å². The lowest BCUT2D eigenvalue weighted by molar-refractivity contribution is -0.384. The number of amides is 1. The summed E-state index contributed by atoms with van der Waals surface area (Å²) >= 11 is 2.76. The van der Waals surface area contributed by atoms with Crippen molar-refractivity contribution in [3.05, 3.63) is 28.3 Å². The van der Waals surface area contributed by atoms with Crippen LogP contribution in [-0.4, -0.2) is 27.1 Å². The van der Waals surface area contributed by atoms with Gasteiger partial charge in [-0.05, 0) is 25.8 Å². The molecule has 0 saturated heterocycles. The molecule has 0 aliphatic heterocycles. The lowest BCUT2D eigenvalue weighted by Crippen LogP contribution is -2.32. The fourth-order valence-electron chi connectivity index (χ4n) is 1.81. The number of carbonyl (C=O) groups is 1. The first kappa shape index (κ1) is 14.3. The Hall–Kier alpha value is -1.67. The van der Waals surface area contributed by atoms with Crippen LogP contribution in [0.4, 0.5) is 5.69 Å². The van der Waals surface area contributed by atoms with Crippen molar-refractivity contribution < 1.29 is 9.72 Å². The second-order valence-electron chi connectivity index (χ2n) is 4.93. The van der Waals surface area contributed by atoms with E-state index < -0.39 is 4.92 Å². The molecule has 1 aliphatic carbocycles. The number of benzene rings is 1. The number of carbonyl (C=O) groups excluding carboxylic acids is 1. The number of hydrogen-bond donors (Lipinski definition) is 1. The minimum absolute atomic E-state index is 0.0211. The highest BCUT2D eigenvalue weighted by Crippen LogP contribution is 2.34. The van der Waals surface area contributed by atoms with Gasteiger partial charge >= 0.3 is 0 Å². The molecule has 2 aromatic rings. The Bertz CT molecular complexity index is 712. The minimum atomic E-state index is -0.419. The van der Waals surface area contributed by atoms with Gasteiger partial charge in [0, 0.05) is 18.2 Å². The van der Waals surface area contributed by atoms with Crippen molar-refractivity contribution in [3.8, 4) is 0 Å². The smallest absolute Gasteiger partial charge is 0.270 e. The Kier molecular flexibility index (Phi) is 3.81. The summed E-state index contributed by atoms with van der Waals surface area (Å²) in [5.41, 5.74) is 0.783. The number of nitrogens with zero attached hydrogens (tertiary/aromatic N) is 2. The van der Waals surface area contributed by atoms with E-state index in [0.29, 0.717) is 6.04 Å². The molecule has 0 radical (unpaired) electrons. The number of nitro groups is 1. The number of hydrogen-bond acceptors (Lipinski definition) is 6. The van der Waals surface area contributed by atoms with E-state index in [9.17, 15) is 14.9 Å². The SMILES string of the molecule is C[C@@H](Sc1nc2ccc([N+](=O)[O-])cc2s1)C(=O)NC1CC1. The highest BCUT2D eigenvalue weighted by atomic mass is 32.2. The van der Waals surface area contributed by atoms with Crippen molar-refractivity contribution in [2.24, 2.45) is 0 Å².